The van der Waals surface area contributed by atoms with Crippen LogP contribution in [0.1, 0.15) is 52.4 Å². The number of benzene rings is 1. The van der Waals surface area contributed by atoms with Crippen LogP contribution in [0.15, 0.2) is 36.4 Å². The number of likely N-dealkylation sites (tertiary alicyclic amines) is 1. The fourth-order valence-electron chi connectivity index (χ4n) is 6.56. The third-order valence-corrected chi connectivity index (χ3v) is 8.45. The Labute approximate surface area is 212 Å². The van der Waals surface area contributed by atoms with Gasteiger partial charge in [0.15, 0.2) is 0 Å². The van der Waals surface area contributed by atoms with Crippen molar-refractivity contribution in [2.24, 2.45) is 17.8 Å². The van der Waals surface area contributed by atoms with E-state index in [0.29, 0.717) is 23.9 Å². The molecule has 3 fully saturated rings. The Balaban J connectivity index is 1.42. The number of ether oxygens (including phenoxy) is 2. The van der Waals surface area contributed by atoms with Crippen LogP contribution in [0, 0.1) is 17.8 Å². The molecule has 3 aliphatic heterocycles. The third kappa shape index (κ3) is 4.09. The van der Waals surface area contributed by atoms with Gasteiger partial charge in [-0.2, -0.15) is 0 Å². The number of nitrogens with one attached hydrogen (secondary N) is 2. The molecule has 3 amide bonds. The van der Waals surface area contributed by atoms with E-state index in [1.165, 1.54) is 6.42 Å². The summed E-state index contributed by atoms with van der Waals surface area (Å²) in [6.45, 7) is 4.71. The second-order valence-electron chi connectivity index (χ2n) is 10.7. The molecule has 2 bridgehead atoms. The van der Waals surface area contributed by atoms with Crippen LogP contribution in [0.3, 0.4) is 0 Å². The van der Waals surface area contributed by atoms with Gasteiger partial charge in [-0.1, -0.05) is 51.3 Å². The Morgan fingerprint density at radius 2 is 2.03 bits per heavy atom. The van der Waals surface area contributed by atoms with Crippen molar-refractivity contribution in [2.75, 3.05) is 19.0 Å². The van der Waals surface area contributed by atoms with Crippen LogP contribution in [0.4, 0.5) is 5.69 Å². The molecular formula is C28H37N3O5. The predicted molar refractivity (Wildman–Crippen MR) is 135 cm³/mol. The maximum atomic E-state index is 13.8. The molecule has 1 spiro atoms. The molecule has 5 rings (SSSR count). The summed E-state index contributed by atoms with van der Waals surface area (Å²) in [4.78, 5) is 42.8. The fourth-order valence-corrected chi connectivity index (χ4v) is 6.56. The highest BCUT2D eigenvalue weighted by Gasteiger charge is 2.72. The third-order valence-electron chi connectivity index (χ3n) is 8.45. The predicted octanol–water partition coefficient (Wildman–Crippen LogP) is 3.28. The van der Waals surface area contributed by atoms with E-state index in [-0.39, 0.29) is 23.8 Å². The van der Waals surface area contributed by atoms with E-state index in [1.807, 2.05) is 12.2 Å². The normalized spacial score (nSPS) is 34.5. The zero-order chi connectivity index (χ0) is 25.4. The van der Waals surface area contributed by atoms with Crippen molar-refractivity contribution >= 4 is 23.4 Å². The zero-order valence-electron chi connectivity index (χ0n) is 21.4. The Hall–Kier alpha value is -2.87. The molecule has 1 aromatic carbocycles. The minimum atomic E-state index is -1.12. The molecule has 0 aromatic heterocycles. The molecule has 8 heteroatoms. The molecule has 4 aliphatic rings. The number of rotatable bonds is 8. The van der Waals surface area contributed by atoms with E-state index in [0.717, 1.165) is 32.1 Å². The Morgan fingerprint density at radius 1 is 1.22 bits per heavy atom. The number of carbonyl (C=O) groups is 3. The maximum Gasteiger partial charge on any atom is 0.246 e. The number of hydrogen-bond acceptors (Lipinski definition) is 5. The molecule has 0 radical (unpaired) electrons. The number of carbonyl (C=O) groups excluding carboxylic acids is 3. The summed E-state index contributed by atoms with van der Waals surface area (Å²) in [5, 5.41) is 6.21. The van der Waals surface area contributed by atoms with Crippen LogP contribution in [0.5, 0.6) is 5.75 Å². The summed E-state index contributed by atoms with van der Waals surface area (Å²) in [5.41, 5.74) is -0.526. The second kappa shape index (κ2) is 9.88. The van der Waals surface area contributed by atoms with E-state index in [9.17, 15) is 14.4 Å². The number of amides is 3. The molecule has 1 aromatic rings. The van der Waals surface area contributed by atoms with Gasteiger partial charge in [0.2, 0.25) is 17.7 Å². The first-order valence-electron chi connectivity index (χ1n) is 13.3. The molecule has 2 saturated heterocycles. The van der Waals surface area contributed by atoms with Gasteiger partial charge in [0.1, 0.15) is 17.4 Å². The molecule has 194 valence electrons. The molecule has 0 unspecified atom stereocenters. The number of methoxy groups -OCH3 is 1. The second-order valence-corrected chi connectivity index (χ2v) is 10.7. The van der Waals surface area contributed by atoms with Gasteiger partial charge >= 0.3 is 0 Å². The summed E-state index contributed by atoms with van der Waals surface area (Å²) in [6, 6.07) is 6.45. The van der Waals surface area contributed by atoms with Gasteiger partial charge in [0.25, 0.3) is 0 Å². The lowest BCUT2D eigenvalue weighted by Gasteiger charge is -2.36. The number of nitrogens with zero attached hydrogens (tertiary/aromatic N) is 1. The van der Waals surface area contributed by atoms with Gasteiger partial charge in [0.05, 0.1) is 25.0 Å². The van der Waals surface area contributed by atoms with Crippen LogP contribution in [0.2, 0.25) is 0 Å². The Morgan fingerprint density at radius 3 is 2.78 bits per heavy atom. The van der Waals surface area contributed by atoms with Crippen molar-refractivity contribution in [3.05, 3.63) is 36.4 Å². The first kappa shape index (κ1) is 24.8. The van der Waals surface area contributed by atoms with Gasteiger partial charge in [-0.05, 0) is 37.3 Å². The lowest BCUT2D eigenvalue weighted by atomic mass is 9.74. The average Bonchev–Trinajstić information content (AvgIpc) is 3.51. The first-order chi connectivity index (χ1) is 17.4. The zero-order valence-corrected chi connectivity index (χ0v) is 21.4. The van der Waals surface area contributed by atoms with Crippen LogP contribution < -0.4 is 15.4 Å². The lowest BCUT2D eigenvalue weighted by Crippen LogP contribution is -2.57. The van der Waals surface area contributed by atoms with Crippen molar-refractivity contribution in [2.45, 2.75) is 76.2 Å². The van der Waals surface area contributed by atoms with Crippen LogP contribution in [-0.4, -0.2) is 60.1 Å². The van der Waals surface area contributed by atoms with Gasteiger partial charge in [0, 0.05) is 24.3 Å². The Bertz CT molecular complexity index is 1060. The molecule has 7 atom stereocenters. The lowest BCUT2D eigenvalue weighted by molar-refractivity contribution is -0.141. The first-order valence-corrected chi connectivity index (χ1v) is 13.3. The summed E-state index contributed by atoms with van der Waals surface area (Å²) in [6.07, 6.45) is 9.18. The van der Waals surface area contributed by atoms with E-state index in [2.05, 4.69) is 24.5 Å². The van der Waals surface area contributed by atoms with Gasteiger partial charge < -0.3 is 25.0 Å². The van der Waals surface area contributed by atoms with Crippen molar-refractivity contribution in [1.82, 2.24) is 10.2 Å². The van der Waals surface area contributed by atoms with E-state index < -0.39 is 29.6 Å². The summed E-state index contributed by atoms with van der Waals surface area (Å²) in [5.74, 6) is -1.02. The van der Waals surface area contributed by atoms with Crippen molar-refractivity contribution in [1.29, 1.82) is 0 Å². The highest BCUT2D eigenvalue weighted by molar-refractivity contribution is 6.02. The SMILES string of the molecule is CCCCN1C(=O)[C@H]2[C@H](C(=O)Nc3cccc(OC)c3)[C@H]3C=C[C@@]2(O3)[C@@H]1C(=O)N[C@@H]1CCCC[C@@H]1C. The number of unbranched alkanes of at least 4 members (excludes halogenated alkanes) is 1. The number of anilines is 1. The van der Waals surface area contributed by atoms with E-state index in [1.54, 1.807) is 36.3 Å². The minimum Gasteiger partial charge on any atom is -0.497 e. The molecule has 2 N–H and O–H groups in total. The smallest absolute Gasteiger partial charge is 0.246 e. The van der Waals surface area contributed by atoms with Crippen molar-refractivity contribution < 1.29 is 23.9 Å². The quantitative estimate of drug-likeness (QED) is 0.540. The highest BCUT2D eigenvalue weighted by atomic mass is 16.5. The Kier molecular flexibility index (Phi) is 6.81. The molecule has 3 heterocycles. The van der Waals surface area contributed by atoms with Crippen LogP contribution in [-0.2, 0) is 19.1 Å². The standard InChI is InChI=1S/C28H37N3O5/c1-4-5-15-31-24(26(33)30-20-12-7-6-9-17(20)2)28-14-13-21(36-28)22(23(28)27(31)34)25(32)29-18-10-8-11-19(16-18)35-3/h8,10-11,13-14,16-17,20-24H,4-7,9,12,15H2,1-3H3,(H,29,32)(H,30,33)/t17-,20+,21+,22+,23+,24-,28-/m0/s1. The van der Waals surface area contributed by atoms with Crippen LogP contribution in [0.25, 0.3) is 0 Å². The van der Waals surface area contributed by atoms with E-state index in [4.69, 9.17) is 9.47 Å². The highest BCUT2D eigenvalue weighted by Crippen LogP contribution is 2.55. The fraction of sp³-hybridized carbons (Fsp3) is 0.607. The van der Waals surface area contributed by atoms with Crippen molar-refractivity contribution in [3.8, 4) is 5.75 Å². The van der Waals surface area contributed by atoms with Crippen LogP contribution >= 0.6 is 0 Å². The molecule has 36 heavy (non-hydrogen) atoms. The van der Waals surface area contributed by atoms with E-state index >= 15 is 0 Å². The largest absolute Gasteiger partial charge is 0.497 e. The number of hydrogen-bond donors (Lipinski definition) is 2. The average molecular weight is 496 g/mol. The molecule has 8 nitrogen and oxygen atoms in total. The molecule has 1 saturated carbocycles. The summed E-state index contributed by atoms with van der Waals surface area (Å²) in [7, 11) is 1.57. The van der Waals surface area contributed by atoms with Crippen molar-refractivity contribution in [3.63, 3.8) is 0 Å². The monoisotopic (exact) mass is 495 g/mol. The molecular weight excluding hydrogens is 458 g/mol. The topological polar surface area (TPSA) is 97.0 Å². The summed E-state index contributed by atoms with van der Waals surface area (Å²) < 4.78 is 11.7. The number of fused-ring (bicyclic) bond motifs is 1. The minimum absolute atomic E-state index is 0.0968. The summed E-state index contributed by atoms with van der Waals surface area (Å²) >= 11 is 0. The van der Waals surface area contributed by atoms with Gasteiger partial charge in [-0.3, -0.25) is 14.4 Å². The van der Waals surface area contributed by atoms with Gasteiger partial charge in [-0.25, -0.2) is 0 Å². The molecule has 1 aliphatic carbocycles. The maximum absolute atomic E-state index is 13.8. The van der Waals surface area contributed by atoms with Gasteiger partial charge in [-0.15, -0.1) is 0 Å².